The summed E-state index contributed by atoms with van der Waals surface area (Å²) in [6.07, 6.45) is 12.6. The lowest BCUT2D eigenvalue weighted by Crippen LogP contribution is -2.39. The van der Waals surface area contributed by atoms with Crippen molar-refractivity contribution < 1.29 is 19.3 Å². The Kier molecular flexibility index (Phi) is 9.35. The molecule has 204 valence electrons. The third kappa shape index (κ3) is 6.00. The smallest absolute Gasteiger partial charge is 0.146 e. The minimum atomic E-state index is -0.396. The molecular weight excluding hydrogens is 474 g/mol. The van der Waals surface area contributed by atoms with Crippen molar-refractivity contribution in [3.63, 3.8) is 0 Å². The molecular formula is C33H43NO4. The monoisotopic (exact) mass is 517 g/mol. The fraction of sp³-hybridized carbons (Fsp3) is 0.455. The van der Waals surface area contributed by atoms with E-state index in [4.69, 9.17) is 14.2 Å². The van der Waals surface area contributed by atoms with Crippen molar-refractivity contribution >= 4 is 5.57 Å². The Balaban J connectivity index is 1.62. The van der Waals surface area contributed by atoms with Gasteiger partial charge in [0.15, 0.2) is 0 Å². The molecule has 1 aliphatic heterocycles. The molecule has 5 nitrogen and oxygen atoms in total. The SMILES string of the molecule is CCCCCN(C)CCOc1ccc(C2Oc3cc(O)ccc3C(CC)=C2C2(C)C=CC=CC2OC)cc1. The summed E-state index contributed by atoms with van der Waals surface area (Å²) < 4.78 is 18.7. The number of methoxy groups -OCH3 is 1. The zero-order chi connectivity index (χ0) is 27.1. The van der Waals surface area contributed by atoms with Gasteiger partial charge >= 0.3 is 0 Å². The number of fused-ring (bicyclic) bond motifs is 1. The first kappa shape index (κ1) is 28.0. The molecule has 2 aromatic carbocycles. The Bertz CT molecular complexity index is 1170. The maximum Gasteiger partial charge on any atom is 0.146 e. The van der Waals surface area contributed by atoms with E-state index in [2.05, 4.69) is 63.1 Å². The van der Waals surface area contributed by atoms with Gasteiger partial charge in [-0.05, 0) is 74.3 Å². The van der Waals surface area contributed by atoms with Gasteiger partial charge in [0.25, 0.3) is 0 Å². The van der Waals surface area contributed by atoms with Crippen LogP contribution in [0.25, 0.3) is 5.57 Å². The van der Waals surface area contributed by atoms with E-state index in [0.717, 1.165) is 36.4 Å². The van der Waals surface area contributed by atoms with Crippen molar-refractivity contribution in [2.45, 2.75) is 58.7 Å². The van der Waals surface area contributed by atoms with Gasteiger partial charge in [-0.25, -0.2) is 0 Å². The van der Waals surface area contributed by atoms with Gasteiger partial charge in [-0.1, -0.05) is 63.1 Å². The normalized spacial score (nSPS) is 22.5. The van der Waals surface area contributed by atoms with E-state index in [-0.39, 0.29) is 18.0 Å². The highest BCUT2D eigenvalue weighted by atomic mass is 16.5. The van der Waals surface area contributed by atoms with Gasteiger partial charge in [0.05, 0.1) is 6.10 Å². The molecule has 1 aliphatic carbocycles. The van der Waals surface area contributed by atoms with E-state index in [1.165, 1.54) is 30.4 Å². The number of rotatable bonds is 12. The second-order valence-electron chi connectivity index (χ2n) is 10.5. The minimum absolute atomic E-state index is 0.120. The molecule has 4 rings (SSSR count). The first-order valence-corrected chi connectivity index (χ1v) is 13.9. The highest BCUT2D eigenvalue weighted by Gasteiger charge is 2.44. The predicted molar refractivity (Wildman–Crippen MR) is 155 cm³/mol. The molecule has 0 amide bonds. The minimum Gasteiger partial charge on any atom is -0.508 e. The van der Waals surface area contributed by atoms with E-state index in [1.807, 2.05) is 24.3 Å². The largest absolute Gasteiger partial charge is 0.508 e. The molecule has 0 saturated carbocycles. The van der Waals surface area contributed by atoms with Crippen molar-refractivity contribution in [1.82, 2.24) is 4.90 Å². The summed E-state index contributed by atoms with van der Waals surface area (Å²) in [4.78, 5) is 2.33. The number of hydrogen-bond acceptors (Lipinski definition) is 5. The average Bonchev–Trinajstić information content (AvgIpc) is 2.92. The van der Waals surface area contributed by atoms with Gasteiger partial charge in [0, 0.05) is 30.7 Å². The summed E-state index contributed by atoms with van der Waals surface area (Å²) >= 11 is 0. The number of allylic oxidation sites excluding steroid dienone is 3. The summed E-state index contributed by atoms with van der Waals surface area (Å²) in [5.41, 5.74) is 4.09. The maximum atomic E-state index is 10.2. The van der Waals surface area contributed by atoms with Gasteiger partial charge in [-0.2, -0.15) is 0 Å². The summed E-state index contributed by atoms with van der Waals surface area (Å²) in [6.45, 7) is 9.30. The molecule has 1 N–H and O–H groups in total. The second-order valence-corrected chi connectivity index (χ2v) is 10.5. The van der Waals surface area contributed by atoms with Crippen LogP contribution in [0.2, 0.25) is 0 Å². The van der Waals surface area contributed by atoms with Crippen LogP contribution >= 0.6 is 0 Å². The zero-order valence-corrected chi connectivity index (χ0v) is 23.6. The predicted octanol–water partition coefficient (Wildman–Crippen LogP) is 7.34. The van der Waals surface area contributed by atoms with Gasteiger partial charge in [-0.3, -0.25) is 0 Å². The fourth-order valence-electron chi connectivity index (χ4n) is 5.65. The second kappa shape index (κ2) is 12.7. The Morgan fingerprint density at radius 2 is 1.82 bits per heavy atom. The molecule has 5 heteroatoms. The van der Waals surface area contributed by atoms with Gasteiger partial charge in [-0.15, -0.1) is 0 Å². The summed E-state index contributed by atoms with van der Waals surface area (Å²) in [6, 6.07) is 13.7. The van der Waals surface area contributed by atoms with Crippen LogP contribution in [0.5, 0.6) is 17.2 Å². The Labute approximate surface area is 228 Å². The molecule has 0 bridgehead atoms. The average molecular weight is 518 g/mol. The molecule has 0 radical (unpaired) electrons. The first-order valence-electron chi connectivity index (χ1n) is 13.9. The Hall–Kier alpha value is -3.02. The van der Waals surface area contributed by atoms with Crippen molar-refractivity contribution in [2.24, 2.45) is 5.41 Å². The molecule has 2 aliphatic rings. The van der Waals surface area contributed by atoms with Crippen molar-refractivity contribution in [2.75, 3.05) is 33.9 Å². The number of unbranched alkanes of at least 4 members (excludes halogenated alkanes) is 2. The third-order valence-corrected chi connectivity index (χ3v) is 7.81. The van der Waals surface area contributed by atoms with Crippen LogP contribution in [0.1, 0.15) is 63.7 Å². The standard InChI is InChI=1S/C33H43NO4/c1-6-8-11-20-34(4)21-22-37-26-16-13-24(14-17-26)32-31(33(3)19-10-9-12-30(33)36-5)27(7-2)28-18-15-25(35)23-29(28)38-32/h9-10,12-19,23,30,32,35H,6-8,11,20-22H2,1-5H3. The number of phenols is 1. The van der Waals surface area contributed by atoms with Gasteiger partial charge in [0.2, 0.25) is 0 Å². The number of nitrogens with zero attached hydrogens (tertiary/aromatic N) is 1. The number of likely N-dealkylation sites (N-methyl/N-ethyl adjacent to an activating group) is 1. The summed E-state index contributed by atoms with van der Waals surface area (Å²) in [5.74, 6) is 1.76. The number of benzene rings is 2. The third-order valence-electron chi connectivity index (χ3n) is 7.81. The van der Waals surface area contributed by atoms with E-state index >= 15 is 0 Å². The zero-order valence-electron chi connectivity index (χ0n) is 23.6. The van der Waals surface area contributed by atoms with E-state index in [1.54, 1.807) is 19.2 Å². The van der Waals surface area contributed by atoms with E-state index < -0.39 is 5.41 Å². The van der Waals surface area contributed by atoms with Gasteiger partial charge in [0.1, 0.15) is 30.0 Å². The molecule has 0 saturated heterocycles. The number of phenolic OH excluding ortho intramolecular Hbond substituents is 1. The van der Waals surface area contributed by atoms with Gasteiger partial charge < -0.3 is 24.2 Å². The topological polar surface area (TPSA) is 51.2 Å². The molecule has 0 spiro atoms. The Morgan fingerprint density at radius 3 is 2.53 bits per heavy atom. The molecule has 3 atom stereocenters. The lowest BCUT2D eigenvalue weighted by atomic mass is 9.67. The molecule has 1 heterocycles. The van der Waals surface area contributed by atoms with Crippen LogP contribution in [0, 0.1) is 5.41 Å². The summed E-state index contributed by atoms with van der Waals surface area (Å²) in [5, 5.41) is 10.2. The molecule has 2 aromatic rings. The van der Waals surface area contributed by atoms with Crippen LogP contribution in [-0.4, -0.2) is 50.0 Å². The quantitative estimate of drug-likeness (QED) is 0.299. The van der Waals surface area contributed by atoms with Crippen LogP contribution in [0.4, 0.5) is 0 Å². The first-order chi connectivity index (χ1) is 18.4. The Morgan fingerprint density at radius 1 is 1.03 bits per heavy atom. The molecule has 0 aromatic heterocycles. The van der Waals surface area contributed by atoms with Crippen molar-refractivity contribution in [3.05, 3.63) is 83.5 Å². The van der Waals surface area contributed by atoms with E-state index in [0.29, 0.717) is 12.4 Å². The van der Waals surface area contributed by atoms with E-state index in [9.17, 15) is 5.11 Å². The highest BCUT2D eigenvalue weighted by molar-refractivity contribution is 5.78. The van der Waals surface area contributed by atoms with Crippen LogP contribution < -0.4 is 9.47 Å². The molecule has 38 heavy (non-hydrogen) atoms. The highest BCUT2D eigenvalue weighted by Crippen LogP contribution is 2.53. The lowest BCUT2D eigenvalue weighted by Gasteiger charge is -2.44. The van der Waals surface area contributed by atoms with Crippen molar-refractivity contribution in [1.29, 1.82) is 0 Å². The van der Waals surface area contributed by atoms with Crippen molar-refractivity contribution in [3.8, 4) is 17.2 Å². The number of aromatic hydroxyl groups is 1. The maximum absolute atomic E-state index is 10.2. The number of hydrogen-bond donors (Lipinski definition) is 1. The van der Waals surface area contributed by atoms with Crippen LogP contribution in [0.15, 0.2) is 72.3 Å². The summed E-state index contributed by atoms with van der Waals surface area (Å²) in [7, 11) is 3.91. The van der Waals surface area contributed by atoms with Crippen LogP contribution in [0.3, 0.4) is 0 Å². The van der Waals surface area contributed by atoms with Crippen LogP contribution in [-0.2, 0) is 4.74 Å². The lowest BCUT2D eigenvalue weighted by molar-refractivity contribution is 0.0622. The molecule has 0 fully saturated rings. The fourth-order valence-corrected chi connectivity index (χ4v) is 5.65. The molecule has 3 unspecified atom stereocenters. The number of ether oxygens (including phenoxy) is 3.